The summed E-state index contributed by atoms with van der Waals surface area (Å²) in [6, 6.07) is 6.08. The Morgan fingerprint density at radius 1 is 1.28 bits per heavy atom. The van der Waals surface area contributed by atoms with E-state index >= 15 is 0 Å². The quantitative estimate of drug-likeness (QED) is 0.792. The van der Waals surface area contributed by atoms with Gasteiger partial charge in [0.25, 0.3) is 5.91 Å². The zero-order chi connectivity index (χ0) is 17.9. The maximum Gasteiger partial charge on any atom is 0.251 e. The summed E-state index contributed by atoms with van der Waals surface area (Å²) in [5, 5.41) is 2.90. The first-order valence-corrected chi connectivity index (χ1v) is 10.1. The Morgan fingerprint density at radius 3 is 2.72 bits per heavy atom. The molecule has 0 saturated carbocycles. The fourth-order valence-corrected chi connectivity index (χ4v) is 4.77. The molecule has 2 aliphatic rings. The van der Waals surface area contributed by atoms with Crippen LogP contribution in [0.25, 0.3) is 0 Å². The third kappa shape index (κ3) is 4.38. The van der Waals surface area contributed by atoms with Crippen LogP contribution in [0.15, 0.2) is 29.2 Å². The van der Waals surface area contributed by atoms with Crippen LogP contribution in [-0.2, 0) is 14.8 Å². The van der Waals surface area contributed by atoms with Crippen molar-refractivity contribution in [2.45, 2.75) is 30.2 Å². The van der Waals surface area contributed by atoms with Gasteiger partial charge in [-0.1, -0.05) is 6.07 Å². The van der Waals surface area contributed by atoms with Crippen LogP contribution < -0.4 is 11.1 Å². The lowest BCUT2D eigenvalue weighted by Crippen LogP contribution is -2.33. The Bertz CT molecular complexity index is 716. The van der Waals surface area contributed by atoms with E-state index in [0.29, 0.717) is 37.5 Å². The van der Waals surface area contributed by atoms with Crippen molar-refractivity contribution in [3.05, 3.63) is 29.8 Å². The molecule has 0 unspecified atom stereocenters. The van der Waals surface area contributed by atoms with Gasteiger partial charge in [0.05, 0.1) is 4.90 Å². The maximum atomic E-state index is 12.7. The van der Waals surface area contributed by atoms with Crippen LogP contribution in [0.3, 0.4) is 0 Å². The average molecular weight is 367 g/mol. The lowest BCUT2D eigenvalue weighted by Gasteiger charge is -2.22. The number of nitrogens with one attached hydrogen (secondary N) is 1. The van der Waals surface area contributed by atoms with Gasteiger partial charge in [-0.15, -0.1) is 0 Å². The van der Waals surface area contributed by atoms with Gasteiger partial charge in [-0.2, -0.15) is 4.31 Å². The third-order valence-corrected chi connectivity index (χ3v) is 6.67. The van der Waals surface area contributed by atoms with E-state index in [2.05, 4.69) is 5.32 Å². The van der Waals surface area contributed by atoms with Crippen molar-refractivity contribution < 1.29 is 17.9 Å². The first-order valence-electron chi connectivity index (χ1n) is 8.68. The van der Waals surface area contributed by atoms with Crippen LogP contribution in [0.5, 0.6) is 0 Å². The molecule has 1 atom stereocenters. The van der Waals surface area contributed by atoms with Crippen molar-refractivity contribution in [2.75, 3.05) is 32.8 Å². The number of hydrogen-bond donors (Lipinski definition) is 2. The van der Waals surface area contributed by atoms with Crippen molar-refractivity contribution in [3.63, 3.8) is 0 Å². The Labute approximate surface area is 148 Å². The van der Waals surface area contributed by atoms with E-state index in [4.69, 9.17) is 10.5 Å². The SMILES string of the molecule is N[C@@H]1CCN(S(=O)(=O)c2cccc(C(=O)NCC3CCOCC3)c2)C1. The van der Waals surface area contributed by atoms with E-state index in [9.17, 15) is 13.2 Å². The summed E-state index contributed by atoms with van der Waals surface area (Å²) in [5.74, 6) is 0.164. The maximum absolute atomic E-state index is 12.7. The summed E-state index contributed by atoms with van der Waals surface area (Å²) < 4.78 is 32.1. The van der Waals surface area contributed by atoms with Crippen LogP contribution in [0.2, 0.25) is 0 Å². The summed E-state index contributed by atoms with van der Waals surface area (Å²) in [6.07, 6.45) is 2.53. The van der Waals surface area contributed by atoms with Crippen LogP contribution in [-0.4, -0.2) is 57.5 Å². The molecule has 2 aliphatic heterocycles. The largest absolute Gasteiger partial charge is 0.381 e. The molecule has 2 saturated heterocycles. The van der Waals surface area contributed by atoms with Gasteiger partial charge in [0.15, 0.2) is 0 Å². The predicted molar refractivity (Wildman–Crippen MR) is 93.7 cm³/mol. The molecular formula is C17H25N3O4S. The minimum Gasteiger partial charge on any atom is -0.381 e. The van der Waals surface area contributed by atoms with E-state index in [-0.39, 0.29) is 16.8 Å². The molecule has 8 heteroatoms. The number of carbonyl (C=O) groups excluding carboxylic acids is 1. The van der Waals surface area contributed by atoms with Gasteiger partial charge in [-0.25, -0.2) is 8.42 Å². The number of ether oxygens (including phenoxy) is 1. The van der Waals surface area contributed by atoms with Crippen LogP contribution >= 0.6 is 0 Å². The molecule has 3 rings (SSSR count). The summed E-state index contributed by atoms with van der Waals surface area (Å²) >= 11 is 0. The number of sulfonamides is 1. The Kier molecular flexibility index (Phi) is 5.73. The highest BCUT2D eigenvalue weighted by molar-refractivity contribution is 7.89. The zero-order valence-corrected chi connectivity index (χ0v) is 15.0. The van der Waals surface area contributed by atoms with Gasteiger partial charge >= 0.3 is 0 Å². The van der Waals surface area contributed by atoms with Gasteiger partial charge in [0.2, 0.25) is 10.0 Å². The Hall–Kier alpha value is -1.48. The fourth-order valence-electron chi connectivity index (χ4n) is 3.21. The monoisotopic (exact) mass is 367 g/mol. The van der Waals surface area contributed by atoms with E-state index in [1.54, 1.807) is 12.1 Å². The molecule has 3 N–H and O–H groups in total. The number of amides is 1. The highest BCUT2D eigenvalue weighted by Gasteiger charge is 2.31. The molecular weight excluding hydrogens is 342 g/mol. The fraction of sp³-hybridized carbons (Fsp3) is 0.588. The average Bonchev–Trinajstić information content (AvgIpc) is 3.08. The first-order chi connectivity index (χ1) is 12.0. The molecule has 1 amide bonds. The predicted octanol–water partition coefficient (Wildman–Crippen LogP) is 0.565. The number of nitrogens with two attached hydrogens (primary N) is 1. The molecule has 2 heterocycles. The zero-order valence-electron chi connectivity index (χ0n) is 14.2. The minimum atomic E-state index is -3.61. The summed E-state index contributed by atoms with van der Waals surface area (Å²) in [7, 11) is -3.61. The van der Waals surface area contributed by atoms with Gasteiger partial charge in [-0.3, -0.25) is 4.79 Å². The number of hydrogen-bond acceptors (Lipinski definition) is 5. The van der Waals surface area contributed by atoms with Gasteiger partial charge in [0, 0.05) is 44.5 Å². The second kappa shape index (κ2) is 7.82. The summed E-state index contributed by atoms with van der Waals surface area (Å²) in [4.78, 5) is 12.5. The Morgan fingerprint density at radius 2 is 2.04 bits per heavy atom. The van der Waals surface area contributed by atoms with Gasteiger partial charge in [-0.05, 0) is 43.4 Å². The van der Waals surface area contributed by atoms with Crippen LogP contribution in [0.4, 0.5) is 0 Å². The van der Waals surface area contributed by atoms with Crippen LogP contribution in [0.1, 0.15) is 29.6 Å². The minimum absolute atomic E-state index is 0.124. The normalized spacial score (nSPS) is 22.8. The smallest absolute Gasteiger partial charge is 0.251 e. The van der Waals surface area contributed by atoms with E-state index < -0.39 is 10.0 Å². The molecule has 0 aromatic heterocycles. The molecule has 0 aliphatic carbocycles. The summed E-state index contributed by atoms with van der Waals surface area (Å²) in [6.45, 7) is 2.78. The molecule has 1 aromatic carbocycles. The van der Waals surface area contributed by atoms with Crippen molar-refractivity contribution in [3.8, 4) is 0 Å². The number of benzene rings is 1. The third-order valence-electron chi connectivity index (χ3n) is 4.81. The molecule has 0 spiro atoms. The van der Waals surface area contributed by atoms with Crippen molar-refractivity contribution in [1.82, 2.24) is 9.62 Å². The second-order valence-electron chi connectivity index (χ2n) is 6.71. The standard InChI is InChI=1S/C17H25N3O4S/c18-15-4-7-20(12-15)25(22,23)16-3-1-2-14(10-16)17(21)19-11-13-5-8-24-9-6-13/h1-3,10,13,15H,4-9,11-12,18H2,(H,19,21)/t15-/m1/s1. The molecule has 0 radical (unpaired) electrons. The van der Waals surface area contributed by atoms with Crippen molar-refractivity contribution in [2.24, 2.45) is 11.7 Å². The Balaban J connectivity index is 1.67. The van der Waals surface area contributed by atoms with E-state index in [1.807, 2.05) is 0 Å². The molecule has 1 aromatic rings. The topological polar surface area (TPSA) is 102 Å². The molecule has 138 valence electrons. The van der Waals surface area contributed by atoms with Crippen molar-refractivity contribution >= 4 is 15.9 Å². The van der Waals surface area contributed by atoms with Gasteiger partial charge in [0.1, 0.15) is 0 Å². The van der Waals surface area contributed by atoms with E-state index in [1.165, 1.54) is 16.4 Å². The number of rotatable bonds is 5. The second-order valence-corrected chi connectivity index (χ2v) is 8.64. The first kappa shape index (κ1) is 18.3. The van der Waals surface area contributed by atoms with Gasteiger partial charge < -0.3 is 15.8 Å². The van der Waals surface area contributed by atoms with Crippen molar-refractivity contribution in [1.29, 1.82) is 0 Å². The lowest BCUT2D eigenvalue weighted by molar-refractivity contribution is 0.0642. The van der Waals surface area contributed by atoms with Crippen LogP contribution in [0, 0.1) is 5.92 Å². The molecule has 2 fully saturated rings. The highest BCUT2D eigenvalue weighted by atomic mass is 32.2. The number of nitrogens with zero attached hydrogens (tertiary/aromatic N) is 1. The highest BCUT2D eigenvalue weighted by Crippen LogP contribution is 2.21. The molecule has 25 heavy (non-hydrogen) atoms. The lowest BCUT2D eigenvalue weighted by atomic mass is 10.0. The summed E-state index contributed by atoms with van der Waals surface area (Å²) in [5.41, 5.74) is 6.17. The molecule has 0 bridgehead atoms. The molecule has 7 nitrogen and oxygen atoms in total. The van der Waals surface area contributed by atoms with E-state index in [0.717, 1.165) is 26.1 Å². The number of carbonyl (C=O) groups is 1.